The maximum atomic E-state index is 3.56. The summed E-state index contributed by atoms with van der Waals surface area (Å²) in [5, 5.41) is 0. The number of hydrogen-bond donors (Lipinski definition) is 0. The van der Waals surface area contributed by atoms with Gasteiger partial charge in [-0.15, -0.1) is 0 Å². The quantitative estimate of drug-likeness (QED) is 0.245. The molecule has 0 radical (unpaired) electrons. The lowest BCUT2D eigenvalue weighted by Crippen LogP contribution is -2.05. The maximum Gasteiger partial charge on any atom is 0.0535 e. The Bertz CT molecular complexity index is 1090. The average molecular weight is 535 g/mol. The van der Waals surface area contributed by atoms with E-state index in [4.69, 9.17) is 0 Å². The highest BCUT2D eigenvalue weighted by molar-refractivity contribution is 9.10. The van der Waals surface area contributed by atoms with Crippen LogP contribution in [0.15, 0.2) is 93.9 Å². The van der Waals surface area contributed by atoms with Crippen LogP contribution in [0.5, 0.6) is 0 Å². The van der Waals surface area contributed by atoms with E-state index in [1.165, 1.54) is 65.9 Å². The Hall–Kier alpha value is -2.10. The Labute approximate surface area is 201 Å². The number of aromatic nitrogens is 1. The van der Waals surface area contributed by atoms with Crippen molar-refractivity contribution in [2.24, 2.45) is 0 Å². The van der Waals surface area contributed by atoms with Crippen LogP contribution in [0.1, 0.15) is 43.6 Å². The first-order valence-electron chi connectivity index (χ1n) is 11.0. The third-order valence-corrected chi connectivity index (χ3v) is 7.45. The lowest BCUT2D eigenvalue weighted by molar-refractivity contribution is 0.443. The van der Waals surface area contributed by atoms with E-state index in [0.29, 0.717) is 0 Å². The zero-order valence-electron chi connectivity index (χ0n) is 17.4. The fourth-order valence-corrected chi connectivity index (χ4v) is 5.27. The van der Waals surface area contributed by atoms with Crippen LogP contribution < -0.4 is 0 Å². The molecule has 1 aliphatic rings. The van der Waals surface area contributed by atoms with Crippen LogP contribution in [-0.2, 0) is 0 Å². The minimum atomic E-state index is 0.726. The van der Waals surface area contributed by atoms with Gasteiger partial charge >= 0.3 is 0 Å². The molecule has 5 rings (SSSR count). The molecule has 3 aromatic carbocycles. The van der Waals surface area contributed by atoms with Crippen molar-refractivity contribution in [3.63, 3.8) is 0 Å². The molecule has 1 aromatic heterocycles. The summed E-state index contributed by atoms with van der Waals surface area (Å²) in [4.78, 5) is 0. The molecule has 0 atom stereocenters. The molecule has 4 aromatic rings. The second kappa shape index (κ2) is 9.18. The molecule has 0 N–H and O–H groups in total. The normalized spacial score (nSPS) is 14.6. The van der Waals surface area contributed by atoms with Gasteiger partial charge in [-0.1, -0.05) is 87.5 Å². The monoisotopic (exact) mass is 533 g/mol. The second-order valence-electron chi connectivity index (χ2n) is 8.38. The molecule has 31 heavy (non-hydrogen) atoms. The predicted molar refractivity (Wildman–Crippen MR) is 138 cm³/mol. The fourth-order valence-electron chi connectivity index (χ4n) is 4.74. The van der Waals surface area contributed by atoms with Crippen molar-refractivity contribution in [3.8, 4) is 28.2 Å². The van der Waals surface area contributed by atoms with Crippen molar-refractivity contribution in [2.75, 3.05) is 0 Å². The van der Waals surface area contributed by atoms with Crippen LogP contribution in [0.3, 0.4) is 0 Å². The van der Waals surface area contributed by atoms with Gasteiger partial charge in [0.15, 0.2) is 0 Å². The molecule has 0 bridgehead atoms. The fraction of sp³-hybridized carbons (Fsp3) is 0.214. The highest BCUT2D eigenvalue weighted by Crippen LogP contribution is 2.36. The van der Waals surface area contributed by atoms with E-state index < -0.39 is 0 Å². The van der Waals surface area contributed by atoms with Crippen molar-refractivity contribution < 1.29 is 0 Å². The van der Waals surface area contributed by atoms with Crippen LogP contribution in [0.25, 0.3) is 28.2 Å². The van der Waals surface area contributed by atoms with Gasteiger partial charge in [0.1, 0.15) is 0 Å². The third kappa shape index (κ3) is 4.44. The summed E-state index contributed by atoms with van der Waals surface area (Å²) in [6.45, 7) is 0. The molecule has 1 saturated carbocycles. The van der Waals surface area contributed by atoms with E-state index in [1.807, 2.05) is 0 Å². The van der Waals surface area contributed by atoms with Gasteiger partial charge in [-0.05, 0) is 84.0 Å². The van der Waals surface area contributed by atoms with E-state index in [1.54, 1.807) is 0 Å². The Kier molecular flexibility index (Phi) is 6.15. The van der Waals surface area contributed by atoms with Crippen LogP contribution in [-0.4, -0.2) is 4.57 Å². The van der Waals surface area contributed by atoms with Gasteiger partial charge in [-0.2, -0.15) is 0 Å². The van der Waals surface area contributed by atoms with E-state index in [-0.39, 0.29) is 0 Å². The molecule has 0 saturated heterocycles. The van der Waals surface area contributed by atoms with E-state index in [9.17, 15) is 0 Å². The first kappa shape index (κ1) is 20.8. The molecule has 1 fully saturated rings. The van der Waals surface area contributed by atoms with Crippen molar-refractivity contribution in [2.45, 2.75) is 38.0 Å². The smallest absolute Gasteiger partial charge is 0.0535 e. The Morgan fingerprint density at radius 1 is 0.548 bits per heavy atom. The molecule has 1 nitrogen and oxygen atoms in total. The maximum absolute atomic E-state index is 3.56. The number of hydrogen-bond acceptors (Lipinski definition) is 0. The van der Waals surface area contributed by atoms with Crippen molar-refractivity contribution >= 4 is 31.9 Å². The standard InChI is InChI=1S/C28H25Br2N/c29-24-12-6-22(7-13-24)27-18-19-28(23-8-14-25(30)15-9-23)31(27)26-16-10-21(11-17-26)20-4-2-1-3-5-20/h6-20H,1-5H2. The van der Waals surface area contributed by atoms with Crippen LogP contribution in [0, 0.1) is 0 Å². The van der Waals surface area contributed by atoms with E-state index >= 15 is 0 Å². The molecular weight excluding hydrogens is 510 g/mol. The Morgan fingerprint density at radius 2 is 1.03 bits per heavy atom. The van der Waals surface area contributed by atoms with Crippen LogP contribution in [0.4, 0.5) is 0 Å². The zero-order chi connectivity index (χ0) is 21.2. The Morgan fingerprint density at radius 3 is 1.52 bits per heavy atom. The Balaban J connectivity index is 1.60. The molecule has 1 heterocycles. The molecule has 3 heteroatoms. The number of nitrogens with zero attached hydrogens (tertiary/aromatic N) is 1. The summed E-state index contributed by atoms with van der Waals surface area (Å²) in [7, 11) is 0. The van der Waals surface area contributed by atoms with Crippen LogP contribution in [0.2, 0.25) is 0 Å². The SMILES string of the molecule is Brc1ccc(-c2ccc(-c3ccc(Br)cc3)n2-c2ccc(C3CCCCC3)cc2)cc1. The van der Waals surface area contributed by atoms with Crippen molar-refractivity contribution in [3.05, 3.63) is 99.4 Å². The molecule has 156 valence electrons. The van der Waals surface area contributed by atoms with Crippen LogP contribution >= 0.6 is 31.9 Å². The summed E-state index contributed by atoms with van der Waals surface area (Å²) in [6, 6.07) is 30.9. The zero-order valence-corrected chi connectivity index (χ0v) is 20.6. The van der Waals surface area contributed by atoms with Gasteiger partial charge < -0.3 is 4.57 Å². The number of rotatable bonds is 4. The largest absolute Gasteiger partial charge is 0.309 e. The van der Waals surface area contributed by atoms with Gasteiger partial charge in [-0.25, -0.2) is 0 Å². The molecule has 0 spiro atoms. The second-order valence-corrected chi connectivity index (χ2v) is 10.2. The first-order chi connectivity index (χ1) is 15.2. The molecule has 0 aliphatic heterocycles. The highest BCUT2D eigenvalue weighted by atomic mass is 79.9. The van der Waals surface area contributed by atoms with Crippen molar-refractivity contribution in [1.82, 2.24) is 4.57 Å². The molecular formula is C28H25Br2N. The first-order valence-corrected chi connectivity index (χ1v) is 12.6. The minimum Gasteiger partial charge on any atom is -0.309 e. The lowest BCUT2D eigenvalue weighted by Gasteiger charge is -2.22. The van der Waals surface area contributed by atoms with Gasteiger partial charge in [0.2, 0.25) is 0 Å². The molecule has 1 aliphatic carbocycles. The summed E-state index contributed by atoms with van der Waals surface area (Å²) < 4.78 is 4.58. The van der Waals surface area contributed by atoms with Crippen molar-refractivity contribution in [1.29, 1.82) is 0 Å². The van der Waals surface area contributed by atoms with E-state index in [0.717, 1.165) is 14.9 Å². The van der Waals surface area contributed by atoms with Gasteiger partial charge in [0, 0.05) is 14.6 Å². The topological polar surface area (TPSA) is 4.93 Å². The summed E-state index contributed by atoms with van der Waals surface area (Å²) in [6.07, 6.45) is 6.79. The van der Waals surface area contributed by atoms with E-state index in [2.05, 4.69) is 121 Å². The highest BCUT2D eigenvalue weighted by Gasteiger charge is 2.17. The molecule has 0 amide bonds. The predicted octanol–water partition coefficient (Wildman–Crippen LogP) is 9.38. The summed E-state index contributed by atoms with van der Waals surface area (Å²) in [5.41, 5.74) is 7.53. The van der Waals surface area contributed by atoms with Gasteiger partial charge in [0.25, 0.3) is 0 Å². The lowest BCUT2D eigenvalue weighted by atomic mass is 9.84. The summed E-state index contributed by atoms with van der Waals surface area (Å²) in [5.74, 6) is 0.726. The van der Waals surface area contributed by atoms with Gasteiger partial charge in [-0.3, -0.25) is 0 Å². The minimum absolute atomic E-state index is 0.726. The number of benzene rings is 3. The number of halogens is 2. The summed E-state index contributed by atoms with van der Waals surface area (Å²) >= 11 is 7.13. The third-order valence-electron chi connectivity index (χ3n) is 6.39. The van der Waals surface area contributed by atoms with Gasteiger partial charge in [0.05, 0.1) is 11.4 Å². The average Bonchev–Trinajstić information content (AvgIpc) is 3.26. The molecule has 0 unspecified atom stereocenters.